The van der Waals surface area contributed by atoms with Crippen LogP contribution in [0.3, 0.4) is 0 Å². The highest BCUT2D eigenvalue weighted by molar-refractivity contribution is 5.70. The van der Waals surface area contributed by atoms with Crippen molar-refractivity contribution in [2.24, 2.45) is 0 Å². The van der Waals surface area contributed by atoms with Gasteiger partial charge in [-0.3, -0.25) is 4.98 Å². The first-order valence-corrected chi connectivity index (χ1v) is 3.68. The molecular weight excluding hydrogens is 156 g/mol. The highest BCUT2D eigenvalue weighted by Crippen LogP contribution is 2.06. The van der Waals surface area contributed by atoms with Crippen molar-refractivity contribution < 1.29 is 9.53 Å². The van der Waals surface area contributed by atoms with Crippen molar-refractivity contribution in [1.29, 1.82) is 0 Å². The second kappa shape index (κ2) is 4.33. The Morgan fingerprint density at radius 2 is 2.25 bits per heavy atom. The molecule has 0 aromatic carbocycles. The van der Waals surface area contributed by atoms with Gasteiger partial charge in [-0.1, -0.05) is 0 Å². The molecular formula is C8H10N2O2. The first-order valence-electron chi connectivity index (χ1n) is 3.68. The molecule has 1 amide bonds. The number of ether oxygens (including phenoxy) is 1. The van der Waals surface area contributed by atoms with E-state index in [0.717, 1.165) is 0 Å². The molecule has 1 rings (SSSR count). The van der Waals surface area contributed by atoms with Gasteiger partial charge < -0.3 is 10.1 Å². The minimum Gasteiger partial charge on any atom is -0.410 e. The fourth-order valence-electron chi connectivity index (χ4n) is 0.694. The molecule has 64 valence electrons. The lowest BCUT2D eigenvalue weighted by atomic mass is 10.5. The van der Waals surface area contributed by atoms with Crippen molar-refractivity contribution in [3.05, 3.63) is 24.5 Å². The summed E-state index contributed by atoms with van der Waals surface area (Å²) in [6.07, 6.45) is 2.69. The number of aromatic nitrogens is 1. The number of pyridine rings is 1. The van der Waals surface area contributed by atoms with Crippen LogP contribution in [0.15, 0.2) is 24.5 Å². The predicted molar refractivity (Wildman–Crippen MR) is 43.9 cm³/mol. The number of nitrogens with zero attached hydrogens (tertiary/aromatic N) is 1. The Hall–Kier alpha value is -1.58. The van der Waals surface area contributed by atoms with E-state index in [0.29, 0.717) is 12.3 Å². The van der Waals surface area contributed by atoms with Crippen LogP contribution in [0.5, 0.6) is 5.75 Å². The molecule has 0 radical (unpaired) electrons. The maximum absolute atomic E-state index is 10.9. The van der Waals surface area contributed by atoms with Gasteiger partial charge in [-0.25, -0.2) is 4.79 Å². The largest absolute Gasteiger partial charge is 0.412 e. The summed E-state index contributed by atoms with van der Waals surface area (Å²) in [5.74, 6) is 0.496. The van der Waals surface area contributed by atoms with Crippen LogP contribution in [0.1, 0.15) is 6.92 Å². The monoisotopic (exact) mass is 166 g/mol. The van der Waals surface area contributed by atoms with Crippen LogP contribution in [-0.4, -0.2) is 17.6 Å². The van der Waals surface area contributed by atoms with Crippen LogP contribution in [0.4, 0.5) is 4.79 Å². The first-order chi connectivity index (χ1) is 5.83. The Labute approximate surface area is 70.6 Å². The molecule has 1 N–H and O–H groups in total. The van der Waals surface area contributed by atoms with E-state index in [4.69, 9.17) is 4.74 Å². The average Bonchev–Trinajstić information content (AvgIpc) is 2.06. The van der Waals surface area contributed by atoms with Crippen molar-refractivity contribution in [1.82, 2.24) is 10.3 Å². The molecule has 0 saturated carbocycles. The number of hydrogen-bond acceptors (Lipinski definition) is 3. The number of rotatable bonds is 2. The molecule has 0 bridgehead atoms. The van der Waals surface area contributed by atoms with Gasteiger partial charge in [0.2, 0.25) is 0 Å². The third kappa shape index (κ3) is 2.57. The van der Waals surface area contributed by atoms with Crippen LogP contribution >= 0.6 is 0 Å². The zero-order chi connectivity index (χ0) is 8.81. The van der Waals surface area contributed by atoms with E-state index < -0.39 is 6.09 Å². The third-order valence-corrected chi connectivity index (χ3v) is 1.18. The standard InChI is InChI=1S/C8H10N2O2/c1-2-10-8(11)12-7-3-5-9-6-4-7/h3-6H,2H2,1H3,(H,10,11). The fourth-order valence-corrected chi connectivity index (χ4v) is 0.694. The maximum atomic E-state index is 10.9. The highest BCUT2D eigenvalue weighted by Gasteiger charge is 1.99. The summed E-state index contributed by atoms with van der Waals surface area (Å²) in [5.41, 5.74) is 0. The van der Waals surface area contributed by atoms with Gasteiger partial charge in [0.1, 0.15) is 5.75 Å². The summed E-state index contributed by atoms with van der Waals surface area (Å²) in [5, 5.41) is 2.51. The molecule has 0 fully saturated rings. The number of carbonyl (C=O) groups excluding carboxylic acids is 1. The lowest BCUT2D eigenvalue weighted by Gasteiger charge is -2.02. The van der Waals surface area contributed by atoms with Gasteiger partial charge >= 0.3 is 6.09 Å². The smallest absolute Gasteiger partial charge is 0.410 e. The maximum Gasteiger partial charge on any atom is 0.412 e. The van der Waals surface area contributed by atoms with E-state index in [-0.39, 0.29) is 0 Å². The van der Waals surface area contributed by atoms with Gasteiger partial charge in [0.15, 0.2) is 0 Å². The van der Waals surface area contributed by atoms with Crippen molar-refractivity contribution in [2.75, 3.05) is 6.54 Å². The minimum absolute atomic E-state index is 0.441. The molecule has 0 aliphatic heterocycles. The number of nitrogens with one attached hydrogen (secondary N) is 1. The van der Waals surface area contributed by atoms with Crippen molar-refractivity contribution >= 4 is 6.09 Å². The molecule has 12 heavy (non-hydrogen) atoms. The summed E-state index contributed by atoms with van der Waals surface area (Å²) in [6.45, 7) is 2.39. The van der Waals surface area contributed by atoms with Gasteiger partial charge in [0, 0.05) is 18.9 Å². The molecule has 1 aromatic rings. The Morgan fingerprint density at radius 1 is 1.58 bits per heavy atom. The van der Waals surface area contributed by atoms with E-state index in [1.807, 2.05) is 6.92 Å². The first kappa shape index (κ1) is 8.52. The SMILES string of the molecule is CCNC(=O)Oc1ccncc1. The Morgan fingerprint density at radius 3 is 2.83 bits per heavy atom. The second-order valence-corrected chi connectivity index (χ2v) is 2.10. The lowest BCUT2D eigenvalue weighted by Crippen LogP contribution is -2.26. The Balaban J connectivity index is 2.47. The van der Waals surface area contributed by atoms with Crippen LogP contribution in [0, 0.1) is 0 Å². The topological polar surface area (TPSA) is 51.2 Å². The van der Waals surface area contributed by atoms with Gasteiger partial charge in [-0.2, -0.15) is 0 Å². The predicted octanol–water partition coefficient (Wildman–Crippen LogP) is 1.19. The van der Waals surface area contributed by atoms with Crippen molar-refractivity contribution in [3.8, 4) is 5.75 Å². The van der Waals surface area contributed by atoms with Crippen LogP contribution < -0.4 is 10.1 Å². The van der Waals surface area contributed by atoms with Crippen LogP contribution in [-0.2, 0) is 0 Å². The number of amides is 1. The molecule has 0 spiro atoms. The summed E-state index contributed by atoms with van der Waals surface area (Å²) >= 11 is 0. The van der Waals surface area contributed by atoms with Crippen molar-refractivity contribution in [3.63, 3.8) is 0 Å². The van der Waals surface area contributed by atoms with E-state index in [9.17, 15) is 4.79 Å². The van der Waals surface area contributed by atoms with E-state index in [1.54, 1.807) is 24.5 Å². The van der Waals surface area contributed by atoms with E-state index >= 15 is 0 Å². The zero-order valence-corrected chi connectivity index (χ0v) is 6.78. The molecule has 0 aliphatic rings. The average molecular weight is 166 g/mol. The number of carbonyl (C=O) groups is 1. The minimum atomic E-state index is -0.441. The zero-order valence-electron chi connectivity index (χ0n) is 6.78. The van der Waals surface area contributed by atoms with Gasteiger partial charge in [0.25, 0.3) is 0 Å². The van der Waals surface area contributed by atoms with Crippen LogP contribution in [0.2, 0.25) is 0 Å². The summed E-state index contributed by atoms with van der Waals surface area (Å²) in [4.78, 5) is 14.6. The lowest BCUT2D eigenvalue weighted by molar-refractivity contribution is 0.201. The normalized spacial score (nSPS) is 9.08. The summed E-state index contributed by atoms with van der Waals surface area (Å²) in [6, 6.07) is 3.24. The summed E-state index contributed by atoms with van der Waals surface area (Å²) < 4.78 is 4.86. The molecule has 0 atom stereocenters. The molecule has 0 unspecified atom stereocenters. The number of hydrogen-bond donors (Lipinski definition) is 1. The molecule has 4 nitrogen and oxygen atoms in total. The third-order valence-electron chi connectivity index (χ3n) is 1.18. The molecule has 0 saturated heterocycles. The van der Waals surface area contributed by atoms with Gasteiger partial charge in [-0.05, 0) is 19.1 Å². The Bertz CT molecular complexity index is 248. The molecule has 1 aromatic heterocycles. The molecule has 0 aliphatic carbocycles. The molecule has 1 heterocycles. The quantitative estimate of drug-likeness (QED) is 0.718. The fraction of sp³-hybridized carbons (Fsp3) is 0.250. The Kier molecular flexibility index (Phi) is 3.07. The highest BCUT2D eigenvalue weighted by atomic mass is 16.5. The molecule has 4 heteroatoms. The van der Waals surface area contributed by atoms with E-state index in [1.165, 1.54) is 0 Å². The second-order valence-electron chi connectivity index (χ2n) is 2.10. The van der Waals surface area contributed by atoms with E-state index in [2.05, 4.69) is 10.3 Å². The van der Waals surface area contributed by atoms with Crippen molar-refractivity contribution in [2.45, 2.75) is 6.92 Å². The van der Waals surface area contributed by atoms with Gasteiger partial charge in [0.05, 0.1) is 0 Å². The summed E-state index contributed by atoms with van der Waals surface area (Å²) in [7, 11) is 0. The van der Waals surface area contributed by atoms with Crippen LogP contribution in [0.25, 0.3) is 0 Å². The van der Waals surface area contributed by atoms with Gasteiger partial charge in [-0.15, -0.1) is 0 Å².